The summed E-state index contributed by atoms with van der Waals surface area (Å²) in [6.45, 7) is 0.345. The molecule has 122 valence electrons. The van der Waals surface area contributed by atoms with E-state index >= 15 is 0 Å². The maximum absolute atomic E-state index is 13.6. The first-order valence-corrected chi connectivity index (χ1v) is 7.04. The van der Waals surface area contributed by atoms with Crippen molar-refractivity contribution in [2.75, 3.05) is 11.1 Å². The van der Waals surface area contributed by atoms with Gasteiger partial charge < -0.3 is 11.1 Å². The SMILES string of the molecule is Nc1c(C(=O)Nc2ccc(F)cc2F)nnn1Cc1ccccc1. The fourth-order valence-electron chi connectivity index (χ4n) is 2.13. The molecule has 0 aliphatic heterocycles. The van der Waals surface area contributed by atoms with E-state index in [9.17, 15) is 13.6 Å². The van der Waals surface area contributed by atoms with E-state index in [1.165, 1.54) is 4.68 Å². The van der Waals surface area contributed by atoms with E-state index in [1.54, 1.807) is 0 Å². The van der Waals surface area contributed by atoms with Gasteiger partial charge in [0.25, 0.3) is 5.91 Å². The summed E-state index contributed by atoms with van der Waals surface area (Å²) in [6.07, 6.45) is 0. The topological polar surface area (TPSA) is 85.8 Å². The number of aromatic nitrogens is 3. The number of rotatable bonds is 4. The van der Waals surface area contributed by atoms with E-state index in [4.69, 9.17) is 5.73 Å². The maximum Gasteiger partial charge on any atom is 0.280 e. The van der Waals surface area contributed by atoms with Crippen LogP contribution in [-0.2, 0) is 6.54 Å². The van der Waals surface area contributed by atoms with Crippen LogP contribution in [0.3, 0.4) is 0 Å². The van der Waals surface area contributed by atoms with Crippen LogP contribution in [0.2, 0.25) is 0 Å². The summed E-state index contributed by atoms with van der Waals surface area (Å²) in [5.41, 5.74) is 6.53. The van der Waals surface area contributed by atoms with Crippen molar-refractivity contribution in [1.82, 2.24) is 15.0 Å². The predicted octanol–water partition coefficient (Wildman–Crippen LogP) is 2.44. The third kappa shape index (κ3) is 3.22. The number of benzene rings is 2. The van der Waals surface area contributed by atoms with Gasteiger partial charge in [-0.25, -0.2) is 13.5 Å². The quantitative estimate of drug-likeness (QED) is 0.770. The number of nitrogen functional groups attached to an aromatic ring is 1. The first kappa shape index (κ1) is 15.6. The number of amides is 1. The Kier molecular flexibility index (Phi) is 4.19. The zero-order valence-corrected chi connectivity index (χ0v) is 12.4. The van der Waals surface area contributed by atoms with Crippen molar-refractivity contribution in [2.45, 2.75) is 6.54 Å². The summed E-state index contributed by atoms with van der Waals surface area (Å²) >= 11 is 0. The number of carbonyl (C=O) groups is 1. The highest BCUT2D eigenvalue weighted by molar-refractivity contribution is 6.05. The van der Waals surface area contributed by atoms with Gasteiger partial charge >= 0.3 is 0 Å². The third-order valence-corrected chi connectivity index (χ3v) is 3.34. The van der Waals surface area contributed by atoms with Crippen LogP contribution in [0.5, 0.6) is 0 Å². The Morgan fingerprint density at radius 2 is 1.92 bits per heavy atom. The van der Waals surface area contributed by atoms with Crippen molar-refractivity contribution in [3.05, 3.63) is 71.4 Å². The Morgan fingerprint density at radius 3 is 2.62 bits per heavy atom. The highest BCUT2D eigenvalue weighted by Gasteiger charge is 2.19. The minimum atomic E-state index is -0.890. The minimum absolute atomic E-state index is 0.0545. The first-order valence-electron chi connectivity index (χ1n) is 7.04. The normalized spacial score (nSPS) is 10.6. The largest absolute Gasteiger partial charge is 0.382 e. The van der Waals surface area contributed by atoms with Crippen molar-refractivity contribution in [2.24, 2.45) is 0 Å². The lowest BCUT2D eigenvalue weighted by molar-refractivity contribution is 0.102. The van der Waals surface area contributed by atoms with Gasteiger partial charge in [-0.2, -0.15) is 0 Å². The fourth-order valence-corrected chi connectivity index (χ4v) is 2.13. The highest BCUT2D eigenvalue weighted by atomic mass is 19.1. The predicted molar refractivity (Wildman–Crippen MR) is 84.3 cm³/mol. The fraction of sp³-hybridized carbons (Fsp3) is 0.0625. The Bertz CT molecular complexity index is 879. The molecular formula is C16H13F2N5O. The van der Waals surface area contributed by atoms with Gasteiger partial charge in [0.05, 0.1) is 12.2 Å². The van der Waals surface area contributed by atoms with Gasteiger partial charge in [0.1, 0.15) is 11.6 Å². The van der Waals surface area contributed by atoms with Crippen LogP contribution < -0.4 is 11.1 Å². The number of nitrogens with one attached hydrogen (secondary N) is 1. The average molecular weight is 329 g/mol. The third-order valence-electron chi connectivity index (χ3n) is 3.34. The van der Waals surface area contributed by atoms with Crippen molar-refractivity contribution < 1.29 is 13.6 Å². The minimum Gasteiger partial charge on any atom is -0.382 e. The van der Waals surface area contributed by atoms with E-state index in [0.29, 0.717) is 12.6 Å². The lowest BCUT2D eigenvalue weighted by Crippen LogP contribution is -2.16. The van der Waals surface area contributed by atoms with Crippen molar-refractivity contribution in [3.63, 3.8) is 0 Å². The van der Waals surface area contributed by atoms with Crippen LogP contribution in [0.15, 0.2) is 48.5 Å². The molecule has 8 heteroatoms. The lowest BCUT2D eigenvalue weighted by Gasteiger charge is -2.06. The van der Waals surface area contributed by atoms with Gasteiger partial charge in [-0.05, 0) is 17.7 Å². The van der Waals surface area contributed by atoms with E-state index in [-0.39, 0.29) is 17.2 Å². The van der Waals surface area contributed by atoms with Crippen LogP contribution in [-0.4, -0.2) is 20.9 Å². The molecule has 0 saturated heterocycles. The first-order chi connectivity index (χ1) is 11.5. The van der Waals surface area contributed by atoms with E-state index in [1.807, 2.05) is 30.3 Å². The number of hydrogen-bond donors (Lipinski definition) is 2. The Hall–Kier alpha value is -3.29. The molecule has 0 fully saturated rings. The molecule has 2 aromatic carbocycles. The average Bonchev–Trinajstić information content (AvgIpc) is 2.92. The van der Waals surface area contributed by atoms with Gasteiger partial charge in [0, 0.05) is 6.07 Å². The van der Waals surface area contributed by atoms with Gasteiger partial charge in [0.2, 0.25) is 0 Å². The van der Waals surface area contributed by atoms with E-state index in [0.717, 1.165) is 17.7 Å². The van der Waals surface area contributed by atoms with Crippen LogP contribution in [0.25, 0.3) is 0 Å². The molecule has 24 heavy (non-hydrogen) atoms. The Morgan fingerprint density at radius 1 is 1.17 bits per heavy atom. The number of nitrogens with two attached hydrogens (primary N) is 1. The summed E-state index contributed by atoms with van der Waals surface area (Å²) in [5.74, 6) is -2.30. The lowest BCUT2D eigenvalue weighted by atomic mass is 10.2. The van der Waals surface area contributed by atoms with E-state index in [2.05, 4.69) is 15.6 Å². The molecule has 0 atom stereocenters. The molecule has 0 aliphatic carbocycles. The number of nitrogens with zero attached hydrogens (tertiary/aromatic N) is 3. The number of hydrogen-bond acceptors (Lipinski definition) is 4. The molecule has 0 unspecified atom stereocenters. The van der Waals surface area contributed by atoms with Crippen LogP contribution in [0.4, 0.5) is 20.3 Å². The molecule has 3 rings (SSSR count). The van der Waals surface area contributed by atoms with Crippen molar-refractivity contribution in [1.29, 1.82) is 0 Å². The molecule has 1 heterocycles. The van der Waals surface area contributed by atoms with Crippen molar-refractivity contribution >= 4 is 17.4 Å². The second-order valence-corrected chi connectivity index (χ2v) is 5.04. The van der Waals surface area contributed by atoms with Gasteiger partial charge in [-0.3, -0.25) is 4.79 Å². The Labute approximate surface area is 135 Å². The van der Waals surface area contributed by atoms with Crippen LogP contribution >= 0.6 is 0 Å². The summed E-state index contributed by atoms with van der Waals surface area (Å²) in [4.78, 5) is 12.2. The molecule has 0 aliphatic rings. The summed E-state index contributed by atoms with van der Waals surface area (Å²) in [5, 5.41) is 9.87. The summed E-state index contributed by atoms with van der Waals surface area (Å²) in [7, 11) is 0. The highest BCUT2D eigenvalue weighted by Crippen LogP contribution is 2.17. The molecule has 0 spiro atoms. The number of carbonyl (C=O) groups excluding carboxylic acids is 1. The van der Waals surface area contributed by atoms with Crippen molar-refractivity contribution in [3.8, 4) is 0 Å². The molecule has 1 amide bonds. The molecule has 1 aromatic heterocycles. The Balaban J connectivity index is 1.78. The second kappa shape index (κ2) is 6.45. The summed E-state index contributed by atoms with van der Waals surface area (Å²) in [6, 6.07) is 12.2. The van der Waals surface area contributed by atoms with Gasteiger partial charge in [-0.1, -0.05) is 35.5 Å². The molecule has 3 aromatic rings. The molecule has 0 radical (unpaired) electrons. The maximum atomic E-state index is 13.6. The zero-order chi connectivity index (χ0) is 17.1. The molecular weight excluding hydrogens is 316 g/mol. The smallest absolute Gasteiger partial charge is 0.280 e. The summed E-state index contributed by atoms with van der Waals surface area (Å²) < 4.78 is 27.8. The number of anilines is 2. The monoisotopic (exact) mass is 329 g/mol. The number of halogens is 2. The zero-order valence-electron chi connectivity index (χ0n) is 12.4. The van der Waals surface area contributed by atoms with Gasteiger partial charge in [0.15, 0.2) is 11.5 Å². The second-order valence-electron chi connectivity index (χ2n) is 5.04. The molecule has 0 saturated carbocycles. The molecule has 6 nitrogen and oxygen atoms in total. The standard InChI is InChI=1S/C16H13F2N5O/c17-11-6-7-13(12(18)8-11)20-16(24)14-15(19)23(22-21-14)9-10-4-2-1-3-5-10/h1-8H,9,19H2,(H,20,24). The molecule has 0 bridgehead atoms. The molecule has 3 N–H and O–H groups in total. The van der Waals surface area contributed by atoms with Crippen LogP contribution in [0, 0.1) is 11.6 Å². The van der Waals surface area contributed by atoms with E-state index < -0.39 is 17.5 Å². The van der Waals surface area contributed by atoms with Crippen LogP contribution in [0.1, 0.15) is 16.1 Å². The van der Waals surface area contributed by atoms with Gasteiger partial charge in [-0.15, -0.1) is 5.10 Å².